The van der Waals surface area contributed by atoms with E-state index in [0.29, 0.717) is 5.54 Å². The molecule has 1 aliphatic heterocycles. The molecule has 1 aliphatic carbocycles. The second-order valence-corrected chi connectivity index (χ2v) is 6.22. The van der Waals surface area contributed by atoms with Gasteiger partial charge in [0.2, 0.25) is 0 Å². The Morgan fingerprint density at radius 2 is 1.82 bits per heavy atom. The zero-order chi connectivity index (χ0) is 12.1. The molecule has 1 saturated carbocycles. The molecular weight excluding hydrogens is 208 g/mol. The molecule has 100 valence electrons. The largest absolute Gasteiger partial charge is 0.310 e. The van der Waals surface area contributed by atoms with E-state index in [1.807, 2.05) is 0 Å². The summed E-state index contributed by atoms with van der Waals surface area (Å²) in [7, 11) is 2.35. The molecule has 2 aliphatic rings. The third kappa shape index (κ3) is 3.45. The average Bonchev–Trinajstić information content (AvgIpc) is 2.64. The summed E-state index contributed by atoms with van der Waals surface area (Å²) in [4.78, 5) is 2.66. The molecule has 2 nitrogen and oxygen atoms in total. The van der Waals surface area contributed by atoms with E-state index >= 15 is 0 Å². The molecule has 2 heteroatoms. The topological polar surface area (TPSA) is 15.3 Å². The summed E-state index contributed by atoms with van der Waals surface area (Å²) in [6.07, 6.45) is 12.7. The van der Waals surface area contributed by atoms with E-state index < -0.39 is 0 Å². The second-order valence-electron chi connectivity index (χ2n) is 6.22. The Balaban J connectivity index is 1.87. The van der Waals surface area contributed by atoms with Gasteiger partial charge in [0.1, 0.15) is 0 Å². The van der Waals surface area contributed by atoms with Gasteiger partial charge in [-0.1, -0.05) is 32.6 Å². The first kappa shape index (κ1) is 13.4. The molecule has 1 saturated heterocycles. The maximum Gasteiger partial charge on any atom is 0.0306 e. The summed E-state index contributed by atoms with van der Waals surface area (Å²) in [5.41, 5.74) is 0.432. The van der Waals surface area contributed by atoms with Gasteiger partial charge in [-0.25, -0.2) is 0 Å². The van der Waals surface area contributed by atoms with Crippen molar-refractivity contribution in [2.45, 2.75) is 76.3 Å². The van der Waals surface area contributed by atoms with Crippen molar-refractivity contribution >= 4 is 0 Å². The maximum atomic E-state index is 3.76. The predicted octanol–water partition coefficient (Wildman–Crippen LogP) is 3.17. The minimum absolute atomic E-state index is 0.432. The Kier molecular flexibility index (Phi) is 4.87. The molecule has 0 bridgehead atoms. The monoisotopic (exact) mass is 238 g/mol. The fourth-order valence-electron chi connectivity index (χ4n) is 3.72. The summed E-state index contributed by atoms with van der Waals surface area (Å²) < 4.78 is 0. The quantitative estimate of drug-likeness (QED) is 0.757. The number of nitrogens with one attached hydrogen (secondary N) is 1. The van der Waals surface area contributed by atoms with Crippen molar-refractivity contribution in [3.63, 3.8) is 0 Å². The number of nitrogens with zero attached hydrogens (tertiary/aromatic N) is 1. The molecule has 2 rings (SSSR count). The van der Waals surface area contributed by atoms with E-state index in [-0.39, 0.29) is 0 Å². The van der Waals surface area contributed by atoms with Crippen molar-refractivity contribution in [3.8, 4) is 0 Å². The Morgan fingerprint density at radius 3 is 2.35 bits per heavy atom. The van der Waals surface area contributed by atoms with Gasteiger partial charge in [-0.2, -0.15) is 0 Å². The van der Waals surface area contributed by atoms with E-state index in [0.717, 1.165) is 6.04 Å². The smallest absolute Gasteiger partial charge is 0.0306 e. The predicted molar refractivity (Wildman–Crippen MR) is 74.4 cm³/mol. The van der Waals surface area contributed by atoms with Gasteiger partial charge in [-0.05, 0) is 45.7 Å². The standard InChI is InChI=1S/C15H30N2/c1-3-15(11-8-12-16-15)13-17(2)14-9-6-4-5-7-10-14/h14,16H,3-13H2,1-2H3. The van der Waals surface area contributed by atoms with Crippen LogP contribution in [0.15, 0.2) is 0 Å². The van der Waals surface area contributed by atoms with Crippen LogP contribution in [0.5, 0.6) is 0 Å². The average molecular weight is 238 g/mol. The lowest BCUT2D eigenvalue weighted by atomic mass is 9.92. The van der Waals surface area contributed by atoms with E-state index in [1.165, 1.54) is 70.9 Å². The Morgan fingerprint density at radius 1 is 1.12 bits per heavy atom. The van der Waals surface area contributed by atoms with Gasteiger partial charge in [0.15, 0.2) is 0 Å². The molecule has 1 heterocycles. The van der Waals surface area contributed by atoms with Gasteiger partial charge in [-0.3, -0.25) is 0 Å². The lowest BCUT2D eigenvalue weighted by Crippen LogP contribution is -2.50. The molecule has 0 spiro atoms. The highest BCUT2D eigenvalue weighted by Crippen LogP contribution is 2.27. The van der Waals surface area contributed by atoms with Crippen LogP contribution in [0.25, 0.3) is 0 Å². The molecule has 0 aromatic carbocycles. The highest BCUT2D eigenvalue weighted by Gasteiger charge is 2.34. The van der Waals surface area contributed by atoms with Gasteiger partial charge in [-0.15, -0.1) is 0 Å². The zero-order valence-electron chi connectivity index (χ0n) is 11.8. The lowest BCUT2D eigenvalue weighted by Gasteiger charge is -2.37. The normalized spacial score (nSPS) is 31.9. The van der Waals surface area contributed by atoms with Crippen LogP contribution in [-0.2, 0) is 0 Å². The van der Waals surface area contributed by atoms with Crippen LogP contribution in [0.2, 0.25) is 0 Å². The van der Waals surface area contributed by atoms with Crippen molar-refractivity contribution in [2.75, 3.05) is 20.1 Å². The number of likely N-dealkylation sites (N-methyl/N-ethyl adjacent to an activating group) is 1. The van der Waals surface area contributed by atoms with Gasteiger partial charge >= 0.3 is 0 Å². The molecular formula is C15H30N2. The fourth-order valence-corrected chi connectivity index (χ4v) is 3.72. The molecule has 0 amide bonds. The molecule has 17 heavy (non-hydrogen) atoms. The molecule has 1 N–H and O–H groups in total. The Hall–Kier alpha value is -0.0800. The molecule has 0 aromatic heterocycles. The van der Waals surface area contributed by atoms with Crippen molar-refractivity contribution < 1.29 is 0 Å². The van der Waals surface area contributed by atoms with Crippen LogP contribution in [0.1, 0.15) is 64.7 Å². The highest BCUT2D eigenvalue weighted by atomic mass is 15.2. The SMILES string of the molecule is CCC1(CN(C)C2CCCCCC2)CCCN1. The summed E-state index contributed by atoms with van der Waals surface area (Å²) in [5, 5.41) is 3.76. The summed E-state index contributed by atoms with van der Waals surface area (Å²) in [5.74, 6) is 0. The van der Waals surface area contributed by atoms with Crippen LogP contribution in [0.3, 0.4) is 0 Å². The summed E-state index contributed by atoms with van der Waals surface area (Å²) in [6, 6.07) is 0.850. The Bertz CT molecular complexity index is 213. The molecule has 2 fully saturated rings. The minimum atomic E-state index is 0.432. The van der Waals surface area contributed by atoms with Gasteiger partial charge in [0, 0.05) is 18.1 Å². The van der Waals surface area contributed by atoms with E-state index in [9.17, 15) is 0 Å². The highest BCUT2D eigenvalue weighted by molar-refractivity contribution is 4.95. The van der Waals surface area contributed by atoms with Gasteiger partial charge in [0.05, 0.1) is 0 Å². The van der Waals surface area contributed by atoms with Crippen LogP contribution in [0, 0.1) is 0 Å². The van der Waals surface area contributed by atoms with Crippen LogP contribution in [-0.4, -0.2) is 36.6 Å². The summed E-state index contributed by atoms with van der Waals surface area (Å²) >= 11 is 0. The second kappa shape index (κ2) is 6.19. The lowest BCUT2D eigenvalue weighted by molar-refractivity contribution is 0.158. The van der Waals surface area contributed by atoms with Crippen molar-refractivity contribution in [3.05, 3.63) is 0 Å². The fraction of sp³-hybridized carbons (Fsp3) is 1.00. The van der Waals surface area contributed by atoms with E-state index in [2.05, 4.69) is 24.2 Å². The third-order valence-electron chi connectivity index (χ3n) is 5.01. The van der Waals surface area contributed by atoms with Crippen molar-refractivity contribution in [1.82, 2.24) is 10.2 Å². The maximum absolute atomic E-state index is 3.76. The number of rotatable bonds is 4. The van der Waals surface area contributed by atoms with Crippen LogP contribution < -0.4 is 5.32 Å². The van der Waals surface area contributed by atoms with Gasteiger partial charge < -0.3 is 10.2 Å². The van der Waals surface area contributed by atoms with E-state index in [1.54, 1.807) is 0 Å². The first-order chi connectivity index (χ1) is 8.26. The van der Waals surface area contributed by atoms with Gasteiger partial charge in [0.25, 0.3) is 0 Å². The molecule has 0 aromatic rings. The van der Waals surface area contributed by atoms with Crippen LogP contribution in [0.4, 0.5) is 0 Å². The third-order valence-corrected chi connectivity index (χ3v) is 5.01. The number of hydrogen-bond donors (Lipinski definition) is 1. The zero-order valence-corrected chi connectivity index (χ0v) is 11.8. The first-order valence-electron chi connectivity index (χ1n) is 7.71. The van der Waals surface area contributed by atoms with Crippen LogP contribution >= 0.6 is 0 Å². The Labute approximate surface area is 107 Å². The molecule has 1 unspecified atom stereocenters. The van der Waals surface area contributed by atoms with Crippen molar-refractivity contribution in [1.29, 1.82) is 0 Å². The minimum Gasteiger partial charge on any atom is -0.310 e. The van der Waals surface area contributed by atoms with E-state index in [4.69, 9.17) is 0 Å². The number of hydrogen-bond acceptors (Lipinski definition) is 2. The molecule has 0 radical (unpaired) electrons. The first-order valence-corrected chi connectivity index (χ1v) is 7.71. The van der Waals surface area contributed by atoms with Crippen molar-refractivity contribution in [2.24, 2.45) is 0 Å². The molecule has 1 atom stereocenters. The summed E-state index contributed by atoms with van der Waals surface area (Å²) in [6.45, 7) is 4.83.